The fourth-order valence-electron chi connectivity index (χ4n) is 3.07. The number of primary amides is 1. The molecule has 0 saturated carbocycles. The summed E-state index contributed by atoms with van der Waals surface area (Å²) in [7, 11) is 0. The van der Waals surface area contributed by atoms with Crippen LogP contribution in [0.3, 0.4) is 0 Å². The van der Waals surface area contributed by atoms with Crippen molar-refractivity contribution in [2.75, 3.05) is 5.32 Å². The van der Waals surface area contributed by atoms with Gasteiger partial charge in [-0.15, -0.1) is 11.3 Å². The van der Waals surface area contributed by atoms with Crippen LogP contribution in [-0.4, -0.2) is 17.9 Å². The monoisotopic (exact) mass is 358 g/mol. The van der Waals surface area contributed by atoms with Crippen LogP contribution in [0.1, 0.15) is 46.1 Å². The number of nitrogens with two attached hydrogens (primary N) is 1. The molecule has 1 aliphatic carbocycles. The first-order chi connectivity index (χ1) is 12.0. The fraction of sp³-hybridized carbons (Fsp3) is 0.368. The molecule has 1 aromatic carbocycles. The van der Waals surface area contributed by atoms with Crippen LogP contribution >= 0.6 is 11.3 Å². The average molecular weight is 358 g/mol. The van der Waals surface area contributed by atoms with Crippen LogP contribution in [0.25, 0.3) is 0 Å². The Hall–Kier alpha value is -2.34. The first-order valence-corrected chi connectivity index (χ1v) is 9.26. The Balaban J connectivity index is 1.76. The second kappa shape index (κ2) is 7.27. The minimum atomic E-state index is -0.679. The van der Waals surface area contributed by atoms with Crippen molar-refractivity contribution in [2.24, 2.45) is 5.73 Å². The zero-order chi connectivity index (χ0) is 18.0. The number of rotatable bonds is 5. The van der Waals surface area contributed by atoms with Gasteiger partial charge in [-0.2, -0.15) is 0 Å². The zero-order valence-electron chi connectivity index (χ0n) is 14.4. The maximum absolute atomic E-state index is 12.5. The van der Waals surface area contributed by atoms with Crippen LogP contribution in [0.5, 0.6) is 5.75 Å². The molecular formula is C19H22N2O3S. The number of aryl methyl sites for hydroxylation is 2. The van der Waals surface area contributed by atoms with E-state index in [4.69, 9.17) is 10.5 Å². The van der Waals surface area contributed by atoms with Gasteiger partial charge in [0.2, 0.25) is 0 Å². The minimum absolute atomic E-state index is 0.289. The summed E-state index contributed by atoms with van der Waals surface area (Å²) < 4.78 is 5.71. The molecule has 1 heterocycles. The highest BCUT2D eigenvalue weighted by atomic mass is 32.1. The average Bonchev–Trinajstić information content (AvgIpc) is 2.92. The van der Waals surface area contributed by atoms with Crippen LogP contribution < -0.4 is 15.8 Å². The lowest BCUT2D eigenvalue weighted by molar-refractivity contribution is -0.122. The highest BCUT2D eigenvalue weighted by molar-refractivity contribution is 7.17. The molecule has 2 amide bonds. The molecule has 3 N–H and O–H groups in total. The number of nitrogens with one attached hydrogen (secondary N) is 1. The molecule has 0 radical (unpaired) electrons. The van der Waals surface area contributed by atoms with Gasteiger partial charge in [-0.05, 0) is 62.8 Å². The standard InChI is InChI=1S/C19H22N2O3S/c1-11-6-5-7-13(10-11)24-12(2)18(23)21-19-16(17(20)22)14-8-3-4-9-15(14)25-19/h5-7,10,12H,3-4,8-9H2,1-2H3,(H2,20,22)(H,21,23)/t12-/m0/s1. The number of thiophene rings is 1. The summed E-state index contributed by atoms with van der Waals surface area (Å²) in [6.07, 6.45) is 3.25. The van der Waals surface area contributed by atoms with Gasteiger partial charge in [-0.1, -0.05) is 12.1 Å². The van der Waals surface area contributed by atoms with E-state index in [2.05, 4.69) is 5.32 Å². The van der Waals surface area contributed by atoms with Gasteiger partial charge in [0.05, 0.1) is 5.56 Å². The van der Waals surface area contributed by atoms with Crippen molar-refractivity contribution in [1.29, 1.82) is 0 Å². The second-order valence-corrected chi connectivity index (χ2v) is 7.45. The molecule has 2 aromatic rings. The first-order valence-electron chi connectivity index (χ1n) is 8.44. The lowest BCUT2D eigenvalue weighted by atomic mass is 9.95. The molecule has 0 bridgehead atoms. The van der Waals surface area contributed by atoms with Crippen LogP contribution in [0.4, 0.5) is 5.00 Å². The summed E-state index contributed by atoms with van der Waals surface area (Å²) >= 11 is 1.46. The quantitative estimate of drug-likeness (QED) is 0.859. The number of carbonyl (C=O) groups is 2. The largest absolute Gasteiger partial charge is 0.481 e. The van der Waals surface area contributed by atoms with Gasteiger partial charge < -0.3 is 15.8 Å². The third-order valence-electron chi connectivity index (χ3n) is 4.33. The van der Waals surface area contributed by atoms with Crippen LogP contribution in [0.2, 0.25) is 0 Å². The van der Waals surface area contributed by atoms with Crippen LogP contribution in [0.15, 0.2) is 24.3 Å². The third-order valence-corrected chi connectivity index (χ3v) is 5.53. The maximum atomic E-state index is 12.5. The number of anilines is 1. The Kier molecular flexibility index (Phi) is 5.08. The van der Waals surface area contributed by atoms with Crippen molar-refractivity contribution in [3.63, 3.8) is 0 Å². The second-order valence-electron chi connectivity index (χ2n) is 6.35. The topological polar surface area (TPSA) is 81.4 Å². The predicted molar refractivity (Wildman–Crippen MR) is 99.4 cm³/mol. The third kappa shape index (κ3) is 3.85. The smallest absolute Gasteiger partial charge is 0.265 e. The van der Waals surface area contributed by atoms with Crippen molar-refractivity contribution in [2.45, 2.75) is 45.6 Å². The lowest BCUT2D eigenvalue weighted by Gasteiger charge is -2.15. The molecule has 1 atom stereocenters. The molecule has 0 spiro atoms. The molecule has 0 aliphatic heterocycles. The first kappa shape index (κ1) is 17.5. The van der Waals surface area contributed by atoms with Gasteiger partial charge in [-0.25, -0.2) is 0 Å². The Bertz CT molecular complexity index is 813. The van der Waals surface area contributed by atoms with E-state index in [1.54, 1.807) is 6.92 Å². The summed E-state index contributed by atoms with van der Waals surface area (Å²) in [4.78, 5) is 25.5. The molecule has 1 aliphatic rings. The Morgan fingerprint density at radius 1 is 1.28 bits per heavy atom. The minimum Gasteiger partial charge on any atom is -0.481 e. The van der Waals surface area contributed by atoms with Crippen molar-refractivity contribution in [3.05, 3.63) is 45.8 Å². The summed E-state index contributed by atoms with van der Waals surface area (Å²) in [5.41, 5.74) is 8.10. The molecule has 0 unspecified atom stereocenters. The molecule has 0 saturated heterocycles. The summed E-state index contributed by atoms with van der Waals surface area (Å²) in [5.74, 6) is -0.132. The van der Waals surface area contributed by atoms with Gasteiger partial charge >= 0.3 is 0 Å². The number of amides is 2. The molecule has 0 fully saturated rings. The van der Waals surface area contributed by atoms with E-state index in [0.29, 0.717) is 16.3 Å². The summed E-state index contributed by atoms with van der Waals surface area (Å²) in [5, 5.41) is 3.38. The molecule has 132 valence electrons. The molecular weight excluding hydrogens is 336 g/mol. The van der Waals surface area contributed by atoms with E-state index in [9.17, 15) is 9.59 Å². The van der Waals surface area contributed by atoms with Crippen molar-refractivity contribution < 1.29 is 14.3 Å². The predicted octanol–water partition coefficient (Wildman–Crippen LogP) is 3.44. The molecule has 3 rings (SSSR count). The number of carbonyl (C=O) groups excluding carboxylic acids is 2. The number of ether oxygens (including phenoxy) is 1. The normalized spacial score (nSPS) is 14.5. The SMILES string of the molecule is Cc1cccc(O[C@@H](C)C(=O)Nc2sc3c(c2C(N)=O)CCCC3)c1. The van der Waals surface area contributed by atoms with Gasteiger partial charge in [0.15, 0.2) is 6.10 Å². The van der Waals surface area contributed by atoms with E-state index in [-0.39, 0.29) is 5.91 Å². The highest BCUT2D eigenvalue weighted by Gasteiger charge is 2.26. The Labute approximate surface area is 151 Å². The van der Waals surface area contributed by atoms with E-state index < -0.39 is 12.0 Å². The number of hydrogen-bond acceptors (Lipinski definition) is 4. The van der Waals surface area contributed by atoms with E-state index in [0.717, 1.165) is 41.7 Å². The van der Waals surface area contributed by atoms with Gasteiger partial charge in [0.25, 0.3) is 11.8 Å². The van der Waals surface area contributed by atoms with Gasteiger partial charge in [0.1, 0.15) is 10.8 Å². The zero-order valence-corrected chi connectivity index (χ0v) is 15.2. The molecule has 5 nitrogen and oxygen atoms in total. The molecule has 1 aromatic heterocycles. The van der Waals surface area contributed by atoms with Crippen molar-refractivity contribution in [1.82, 2.24) is 0 Å². The van der Waals surface area contributed by atoms with Crippen LogP contribution in [0, 0.1) is 6.92 Å². The van der Waals surface area contributed by atoms with E-state index in [1.165, 1.54) is 11.3 Å². The molecule has 25 heavy (non-hydrogen) atoms. The summed E-state index contributed by atoms with van der Waals surface area (Å²) in [6.45, 7) is 3.65. The van der Waals surface area contributed by atoms with Gasteiger partial charge in [0, 0.05) is 4.88 Å². The maximum Gasteiger partial charge on any atom is 0.265 e. The number of fused-ring (bicyclic) bond motifs is 1. The van der Waals surface area contributed by atoms with E-state index >= 15 is 0 Å². The Morgan fingerprint density at radius 3 is 2.76 bits per heavy atom. The fourth-order valence-corrected chi connectivity index (χ4v) is 4.37. The highest BCUT2D eigenvalue weighted by Crippen LogP contribution is 2.38. The summed E-state index contributed by atoms with van der Waals surface area (Å²) in [6, 6.07) is 7.54. The van der Waals surface area contributed by atoms with Gasteiger partial charge in [-0.3, -0.25) is 9.59 Å². The van der Waals surface area contributed by atoms with Crippen molar-refractivity contribution in [3.8, 4) is 5.75 Å². The lowest BCUT2D eigenvalue weighted by Crippen LogP contribution is -2.30. The number of benzene rings is 1. The molecule has 6 heteroatoms. The Morgan fingerprint density at radius 2 is 2.04 bits per heavy atom. The van der Waals surface area contributed by atoms with Crippen LogP contribution in [-0.2, 0) is 17.6 Å². The number of hydrogen-bond donors (Lipinski definition) is 2. The van der Waals surface area contributed by atoms with Crippen molar-refractivity contribution >= 4 is 28.2 Å². The van der Waals surface area contributed by atoms with E-state index in [1.807, 2.05) is 31.2 Å².